The Balaban J connectivity index is 1.66. The van der Waals surface area contributed by atoms with Crippen molar-refractivity contribution in [3.8, 4) is 5.75 Å². The van der Waals surface area contributed by atoms with Gasteiger partial charge in [0.1, 0.15) is 23.8 Å². The summed E-state index contributed by atoms with van der Waals surface area (Å²) in [4.78, 5) is 12.0. The second-order valence-corrected chi connectivity index (χ2v) is 7.00. The van der Waals surface area contributed by atoms with E-state index in [1.54, 1.807) is 0 Å². The molecule has 1 atom stereocenters. The number of hydrogen-bond donors (Lipinski definition) is 0. The van der Waals surface area contributed by atoms with E-state index in [0.717, 1.165) is 12.8 Å². The van der Waals surface area contributed by atoms with Crippen LogP contribution in [0.15, 0.2) is 18.2 Å². The molecule has 0 aliphatic heterocycles. The Bertz CT molecular complexity index is 543. The molecule has 0 saturated heterocycles. The third kappa shape index (κ3) is 5.66. The molecule has 1 unspecified atom stereocenters. The number of unbranched alkanes of at least 4 members (excludes halogenated alkanes) is 3. The number of carbonyl (C=O) groups excluding carboxylic acids is 1. The summed E-state index contributed by atoms with van der Waals surface area (Å²) in [5.41, 5.74) is 0. The summed E-state index contributed by atoms with van der Waals surface area (Å²) in [5, 5.41) is 0.260. The number of ether oxygens (including phenoxy) is 2. The molecule has 0 amide bonds. The zero-order valence-electron chi connectivity index (χ0n) is 14.4. The van der Waals surface area contributed by atoms with Crippen molar-refractivity contribution in [2.75, 3.05) is 0 Å². The molecule has 24 heavy (non-hydrogen) atoms. The van der Waals surface area contributed by atoms with Crippen molar-refractivity contribution in [2.45, 2.75) is 71.0 Å². The van der Waals surface area contributed by atoms with E-state index in [9.17, 15) is 9.18 Å². The molecule has 0 spiro atoms. The quantitative estimate of drug-likeness (QED) is 0.430. The molecule has 1 aliphatic rings. The van der Waals surface area contributed by atoms with Crippen LogP contribution in [0.5, 0.6) is 5.75 Å². The fourth-order valence-electron chi connectivity index (χ4n) is 2.74. The average Bonchev–Trinajstić information content (AvgIpc) is 2.51. The molecule has 134 valence electrons. The molecule has 1 aromatic carbocycles. The molecule has 0 heterocycles. The van der Waals surface area contributed by atoms with Gasteiger partial charge in [-0.25, -0.2) is 4.39 Å². The SMILES string of the molecule is CCCCCCC(C)C(=O)OC1CC(Oc2ccc(F)cc2Cl)C1. The van der Waals surface area contributed by atoms with Gasteiger partial charge in [-0.15, -0.1) is 0 Å². The van der Waals surface area contributed by atoms with Gasteiger partial charge in [0.25, 0.3) is 0 Å². The van der Waals surface area contributed by atoms with Crippen LogP contribution < -0.4 is 4.74 Å². The van der Waals surface area contributed by atoms with Gasteiger partial charge in [-0.05, 0) is 24.6 Å². The van der Waals surface area contributed by atoms with E-state index in [2.05, 4.69) is 6.92 Å². The number of carbonyl (C=O) groups is 1. The lowest BCUT2D eigenvalue weighted by atomic mass is 9.91. The highest BCUT2D eigenvalue weighted by atomic mass is 35.5. The van der Waals surface area contributed by atoms with Gasteiger partial charge in [0.2, 0.25) is 0 Å². The fourth-order valence-corrected chi connectivity index (χ4v) is 2.95. The Morgan fingerprint density at radius 3 is 2.71 bits per heavy atom. The highest BCUT2D eigenvalue weighted by Gasteiger charge is 2.35. The molecular formula is C19H26ClFO3. The van der Waals surface area contributed by atoms with Crippen molar-refractivity contribution >= 4 is 17.6 Å². The van der Waals surface area contributed by atoms with Crippen LogP contribution in [-0.4, -0.2) is 18.2 Å². The predicted octanol–water partition coefficient (Wildman–Crippen LogP) is 5.54. The number of halogens is 2. The van der Waals surface area contributed by atoms with Crippen LogP contribution in [0.1, 0.15) is 58.8 Å². The van der Waals surface area contributed by atoms with Gasteiger partial charge in [0.05, 0.1) is 10.9 Å². The summed E-state index contributed by atoms with van der Waals surface area (Å²) >= 11 is 5.94. The van der Waals surface area contributed by atoms with Crippen LogP contribution in [0.25, 0.3) is 0 Å². The van der Waals surface area contributed by atoms with Crippen LogP contribution in [0.2, 0.25) is 5.02 Å². The van der Waals surface area contributed by atoms with Gasteiger partial charge in [0, 0.05) is 12.8 Å². The van der Waals surface area contributed by atoms with Gasteiger partial charge in [-0.1, -0.05) is 51.1 Å². The van der Waals surface area contributed by atoms with Crippen molar-refractivity contribution in [1.29, 1.82) is 0 Å². The lowest BCUT2D eigenvalue weighted by molar-refractivity contribution is -0.162. The van der Waals surface area contributed by atoms with Crippen LogP contribution >= 0.6 is 11.6 Å². The Hall–Kier alpha value is -1.29. The summed E-state index contributed by atoms with van der Waals surface area (Å²) < 4.78 is 24.2. The normalized spacial score (nSPS) is 21.0. The monoisotopic (exact) mass is 356 g/mol. The largest absolute Gasteiger partial charge is 0.489 e. The van der Waals surface area contributed by atoms with Gasteiger partial charge >= 0.3 is 5.97 Å². The van der Waals surface area contributed by atoms with Crippen molar-refractivity contribution in [3.63, 3.8) is 0 Å². The zero-order chi connectivity index (χ0) is 17.5. The van der Waals surface area contributed by atoms with E-state index < -0.39 is 0 Å². The number of esters is 1. The molecule has 1 fully saturated rings. The van der Waals surface area contributed by atoms with Crippen molar-refractivity contribution in [3.05, 3.63) is 29.0 Å². The maximum absolute atomic E-state index is 13.0. The molecule has 1 aliphatic carbocycles. The summed E-state index contributed by atoms with van der Waals surface area (Å²) in [6.45, 7) is 4.10. The van der Waals surface area contributed by atoms with E-state index in [4.69, 9.17) is 21.1 Å². The number of rotatable bonds is 9. The third-order valence-corrected chi connectivity index (χ3v) is 4.71. The lowest BCUT2D eigenvalue weighted by Crippen LogP contribution is -2.41. The molecule has 2 rings (SSSR count). The summed E-state index contributed by atoms with van der Waals surface area (Å²) in [7, 11) is 0. The van der Waals surface area contributed by atoms with Crippen molar-refractivity contribution in [1.82, 2.24) is 0 Å². The standard InChI is InChI=1S/C19H26ClFO3/c1-3-4-5-6-7-13(2)19(22)24-16-11-15(12-16)23-18-9-8-14(21)10-17(18)20/h8-10,13,15-16H,3-7,11-12H2,1-2H3. The molecule has 5 heteroatoms. The Morgan fingerprint density at radius 2 is 2.04 bits per heavy atom. The van der Waals surface area contributed by atoms with E-state index in [0.29, 0.717) is 18.6 Å². The van der Waals surface area contributed by atoms with E-state index in [1.165, 1.54) is 37.5 Å². The van der Waals surface area contributed by atoms with Crippen LogP contribution in [0.3, 0.4) is 0 Å². The van der Waals surface area contributed by atoms with Gasteiger partial charge in [0.15, 0.2) is 0 Å². The maximum Gasteiger partial charge on any atom is 0.308 e. The minimum atomic E-state index is -0.388. The first kappa shape index (κ1) is 19.0. The highest BCUT2D eigenvalue weighted by Crippen LogP contribution is 2.33. The van der Waals surface area contributed by atoms with Gasteiger partial charge < -0.3 is 9.47 Å². The van der Waals surface area contributed by atoms with Gasteiger partial charge in [-0.2, -0.15) is 0 Å². The van der Waals surface area contributed by atoms with Crippen LogP contribution in [0.4, 0.5) is 4.39 Å². The molecule has 1 aromatic rings. The summed E-state index contributed by atoms with van der Waals surface area (Å²) in [6.07, 6.45) is 6.73. The Morgan fingerprint density at radius 1 is 1.29 bits per heavy atom. The first-order valence-corrected chi connectivity index (χ1v) is 9.19. The van der Waals surface area contributed by atoms with Crippen molar-refractivity contribution in [2.24, 2.45) is 5.92 Å². The average molecular weight is 357 g/mol. The topological polar surface area (TPSA) is 35.5 Å². The number of benzene rings is 1. The predicted molar refractivity (Wildman–Crippen MR) is 92.9 cm³/mol. The van der Waals surface area contributed by atoms with Crippen LogP contribution in [0, 0.1) is 11.7 Å². The van der Waals surface area contributed by atoms with Crippen LogP contribution in [-0.2, 0) is 9.53 Å². The Labute approximate surface area is 148 Å². The maximum atomic E-state index is 13.0. The fraction of sp³-hybridized carbons (Fsp3) is 0.632. The summed E-state index contributed by atoms with van der Waals surface area (Å²) in [5.74, 6) is -0.0824. The van der Waals surface area contributed by atoms with E-state index in [-0.39, 0.29) is 34.9 Å². The third-order valence-electron chi connectivity index (χ3n) is 4.42. The first-order valence-electron chi connectivity index (χ1n) is 8.81. The smallest absolute Gasteiger partial charge is 0.308 e. The molecule has 1 saturated carbocycles. The van der Waals surface area contributed by atoms with Gasteiger partial charge in [-0.3, -0.25) is 4.79 Å². The second kappa shape index (κ2) is 9.26. The van der Waals surface area contributed by atoms with E-state index >= 15 is 0 Å². The zero-order valence-corrected chi connectivity index (χ0v) is 15.2. The molecule has 0 radical (unpaired) electrons. The molecular weight excluding hydrogens is 331 g/mol. The Kier molecular flexibility index (Phi) is 7.35. The molecule has 3 nitrogen and oxygen atoms in total. The molecule has 0 N–H and O–H groups in total. The molecule has 0 aromatic heterocycles. The summed E-state index contributed by atoms with van der Waals surface area (Å²) in [6, 6.07) is 4.07. The number of hydrogen-bond acceptors (Lipinski definition) is 3. The van der Waals surface area contributed by atoms with E-state index in [1.807, 2.05) is 6.92 Å². The minimum absolute atomic E-state index is 0.0365. The first-order chi connectivity index (χ1) is 11.5. The minimum Gasteiger partial charge on any atom is -0.489 e. The second-order valence-electron chi connectivity index (χ2n) is 6.60. The lowest BCUT2D eigenvalue weighted by Gasteiger charge is -2.35. The van der Waals surface area contributed by atoms with Crippen molar-refractivity contribution < 1.29 is 18.7 Å². The highest BCUT2D eigenvalue weighted by molar-refractivity contribution is 6.32. The molecule has 0 bridgehead atoms.